The molecule has 1 aromatic carbocycles. The Morgan fingerprint density at radius 2 is 1.75 bits per heavy atom. The molecule has 0 atom stereocenters. The summed E-state index contributed by atoms with van der Waals surface area (Å²) in [4.78, 5) is 30.1. The van der Waals surface area contributed by atoms with E-state index in [0.29, 0.717) is 50.2 Å². The van der Waals surface area contributed by atoms with E-state index in [1.807, 2.05) is 51.1 Å². The Hall–Kier alpha value is -3.66. The van der Waals surface area contributed by atoms with E-state index in [1.165, 1.54) is 5.56 Å². The number of hydrogen-bond acceptors (Lipinski definition) is 8. The van der Waals surface area contributed by atoms with Gasteiger partial charge in [0.05, 0.1) is 6.54 Å². The van der Waals surface area contributed by atoms with Crippen LogP contribution < -0.4 is 0 Å². The number of carbonyl (C=O) groups excluding carboxylic acids is 1. The maximum Gasteiger partial charge on any atom is 0.293 e. The van der Waals surface area contributed by atoms with Crippen LogP contribution in [0.15, 0.2) is 34.9 Å². The topological polar surface area (TPSA) is 106 Å². The molecule has 0 radical (unpaired) electrons. The quantitative estimate of drug-likeness (QED) is 0.482. The van der Waals surface area contributed by atoms with E-state index in [9.17, 15) is 4.79 Å². The molecule has 0 spiro atoms. The largest absolute Gasteiger partial charge is 0.338 e. The van der Waals surface area contributed by atoms with E-state index in [-0.39, 0.29) is 11.7 Å². The second-order valence-corrected chi connectivity index (χ2v) is 8.13. The van der Waals surface area contributed by atoms with Crippen LogP contribution in [0.5, 0.6) is 0 Å². The monoisotopic (exact) mass is 432 g/mol. The minimum atomic E-state index is -0.174. The molecule has 32 heavy (non-hydrogen) atoms. The first kappa shape index (κ1) is 20.3. The predicted octanol–water partition coefficient (Wildman–Crippen LogP) is 2.06. The molecule has 0 saturated carbocycles. The van der Waals surface area contributed by atoms with E-state index in [1.54, 1.807) is 9.42 Å². The maximum absolute atomic E-state index is 12.9. The second-order valence-electron chi connectivity index (χ2n) is 8.13. The van der Waals surface area contributed by atoms with Crippen LogP contribution in [0.25, 0.3) is 17.2 Å². The zero-order chi connectivity index (χ0) is 22.2. The van der Waals surface area contributed by atoms with Crippen LogP contribution in [0.4, 0.5) is 0 Å². The lowest BCUT2D eigenvalue weighted by Gasteiger charge is -2.33. The van der Waals surface area contributed by atoms with Crippen molar-refractivity contribution in [1.82, 2.24) is 39.5 Å². The second kappa shape index (κ2) is 8.12. The van der Waals surface area contributed by atoms with Gasteiger partial charge in [-0.05, 0) is 26.8 Å². The van der Waals surface area contributed by atoms with Gasteiger partial charge < -0.3 is 9.42 Å². The molecular formula is C22H24N8O2. The van der Waals surface area contributed by atoms with Crippen molar-refractivity contribution in [2.75, 3.05) is 26.2 Å². The number of amides is 1. The molecule has 3 aromatic heterocycles. The van der Waals surface area contributed by atoms with Gasteiger partial charge in [0.15, 0.2) is 0 Å². The zero-order valence-electron chi connectivity index (χ0n) is 18.3. The van der Waals surface area contributed by atoms with Gasteiger partial charge in [0.2, 0.25) is 17.5 Å². The number of carbonyl (C=O) groups is 1. The van der Waals surface area contributed by atoms with Gasteiger partial charge in [-0.25, -0.2) is 9.50 Å². The molecule has 4 aromatic rings. The number of benzene rings is 1. The molecule has 5 rings (SSSR count). The van der Waals surface area contributed by atoms with Crippen LogP contribution in [0.3, 0.4) is 0 Å². The summed E-state index contributed by atoms with van der Waals surface area (Å²) in [5.41, 5.74) is 3.86. The summed E-state index contributed by atoms with van der Waals surface area (Å²) in [6, 6.07) is 9.94. The molecule has 164 valence electrons. The van der Waals surface area contributed by atoms with Crippen LogP contribution in [-0.2, 0) is 6.54 Å². The van der Waals surface area contributed by atoms with Gasteiger partial charge in [-0.2, -0.15) is 9.97 Å². The van der Waals surface area contributed by atoms with Crippen molar-refractivity contribution in [2.45, 2.75) is 27.3 Å². The van der Waals surface area contributed by atoms with Crippen molar-refractivity contribution in [2.24, 2.45) is 0 Å². The molecule has 1 fully saturated rings. The van der Waals surface area contributed by atoms with Crippen LogP contribution in [-0.4, -0.2) is 71.6 Å². The van der Waals surface area contributed by atoms with Crippen molar-refractivity contribution in [3.05, 3.63) is 59.0 Å². The van der Waals surface area contributed by atoms with Gasteiger partial charge in [0.1, 0.15) is 0 Å². The number of hydrogen-bond donors (Lipinski definition) is 0. The van der Waals surface area contributed by atoms with Crippen LogP contribution >= 0.6 is 0 Å². The number of rotatable bonds is 4. The van der Waals surface area contributed by atoms with Crippen LogP contribution in [0.2, 0.25) is 0 Å². The molecule has 0 aliphatic carbocycles. The molecule has 1 aliphatic heterocycles. The van der Waals surface area contributed by atoms with Gasteiger partial charge in [0.25, 0.3) is 11.7 Å². The fraction of sp³-hybridized carbons (Fsp3) is 0.364. The van der Waals surface area contributed by atoms with Crippen molar-refractivity contribution in [1.29, 1.82) is 0 Å². The minimum Gasteiger partial charge on any atom is -0.338 e. The third kappa shape index (κ3) is 3.96. The number of piperazine rings is 1. The molecule has 10 heteroatoms. The summed E-state index contributed by atoms with van der Waals surface area (Å²) >= 11 is 0. The molecule has 4 heterocycles. The first-order chi connectivity index (χ1) is 15.5. The van der Waals surface area contributed by atoms with Gasteiger partial charge in [-0.15, -0.1) is 5.10 Å². The molecule has 0 unspecified atom stereocenters. The molecule has 0 bridgehead atoms. The van der Waals surface area contributed by atoms with Gasteiger partial charge >= 0.3 is 0 Å². The predicted molar refractivity (Wildman–Crippen MR) is 116 cm³/mol. The molecule has 1 saturated heterocycles. The van der Waals surface area contributed by atoms with Crippen molar-refractivity contribution < 1.29 is 9.32 Å². The average molecular weight is 432 g/mol. The fourth-order valence-corrected chi connectivity index (χ4v) is 3.84. The number of aryl methyl sites for hydroxylation is 3. The Morgan fingerprint density at radius 1 is 1.00 bits per heavy atom. The number of aromatic nitrogens is 6. The van der Waals surface area contributed by atoms with Gasteiger partial charge in [0, 0.05) is 43.1 Å². The van der Waals surface area contributed by atoms with Crippen molar-refractivity contribution in [3.8, 4) is 11.4 Å². The van der Waals surface area contributed by atoms with E-state index < -0.39 is 0 Å². The van der Waals surface area contributed by atoms with Gasteiger partial charge in [-0.1, -0.05) is 35.0 Å². The summed E-state index contributed by atoms with van der Waals surface area (Å²) < 4.78 is 7.05. The maximum atomic E-state index is 12.9. The first-order valence-corrected chi connectivity index (χ1v) is 10.6. The lowest BCUT2D eigenvalue weighted by molar-refractivity contribution is 0.0603. The summed E-state index contributed by atoms with van der Waals surface area (Å²) in [6.07, 6.45) is 0. The Kier molecular flexibility index (Phi) is 5.14. The molecule has 1 amide bonds. The number of fused-ring (bicyclic) bond motifs is 1. The van der Waals surface area contributed by atoms with Crippen molar-refractivity contribution >= 4 is 11.7 Å². The highest BCUT2D eigenvalue weighted by atomic mass is 16.5. The highest BCUT2D eigenvalue weighted by Gasteiger charge is 2.26. The Balaban J connectivity index is 1.20. The summed E-state index contributed by atoms with van der Waals surface area (Å²) in [5.74, 6) is 1.61. The first-order valence-electron chi connectivity index (χ1n) is 10.6. The SMILES string of the molecule is Cc1ccc(-c2noc(CN3CCN(C(=O)c4nc5nc(C)cc(C)n5n4)CC3)n2)cc1. The lowest BCUT2D eigenvalue weighted by Crippen LogP contribution is -2.48. The summed E-state index contributed by atoms with van der Waals surface area (Å²) in [6.45, 7) is 8.99. The molecule has 1 aliphatic rings. The normalized spacial score (nSPS) is 14.9. The van der Waals surface area contributed by atoms with Crippen molar-refractivity contribution in [3.63, 3.8) is 0 Å². The van der Waals surface area contributed by atoms with E-state index >= 15 is 0 Å². The average Bonchev–Trinajstić information content (AvgIpc) is 3.42. The minimum absolute atomic E-state index is 0.174. The fourth-order valence-electron chi connectivity index (χ4n) is 3.84. The van der Waals surface area contributed by atoms with E-state index in [2.05, 4.69) is 30.1 Å². The molecule has 10 nitrogen and oxygen atoms in total. The Morgan fingerprint density at radius 3 is 2.50 bits per heavy atom. The molecule has 0 N–H and O–H groups in total. The van der Waals surface area contributed by atoms with Gasteiger partial charge in [-0.3, -0.25) is 9.69 Å². The number of nitrogens with zero attached hydrogens (tertiary/aromatic N) is 8. The Bertz CT molecular complexity index is 1270. The summed E-state index contributed by atoms with van der Waals surface area (Å²) in [5, 5.41) is 8.45. The third-order valence-electron chi connectivity index (χ3n) is 5.61. The highest BCUT2D eigenvalue weighted by Crippen LogP contribution is 2.17. The standard InChI is InChI=1S/C22H24N8O2/c1-14-4-6-17(7-5-14)19-24-18(32-27-19)13-28-8-10-29(11-9-28)21(31)20-25-22-23-15(2)12-16(3)30(22)26-20/h4-7,12H,8-11,13H2,1-3H3. The van der Waals surface area contributed by atoms with Crippen LogP contribution in [0.1, 0.15) is 33.5 Å². The smallest absolute Gasteiger partial charge is 0.293 e. The molecular weight excluding hydrogens is 408 g/mol. The van der Waals surface area contributed by atoms with E-state index in [4.69, 9.17) is 4.52 Å². The summed E-state index contributed by atoms with van der Waals surface area (Å²) in [7, 11) is 0. The Labute approximate surface area is 184 Å². The highest BCUT2D eigenvalue weighted by molar-refractivity contribution is 5.91. The zero-order valence-corrected chi connectivity index (χ0v) is 18.3. The lowest BCUT2D eigenvalue weighted by atomic mass is 10.1. The van der Waals surface area contributed by atoms with Crippen LogP contribution in [0, 0.1) is 20.8 Å². The van der Waals surface area contributed by atoms with E-state index in [0.717, 1.165) is 17.0 Å². The third-order valence-corrected chi connectivity index (χ3v) is 5.61.